The molecule has 7 heteroatoms. The van der Waals surface area contributed by atoms with Crippen LogP contribution in [0.25, 0.3) is 0 Å². The van der Waals surface area contributed by atoms with Gasteiger partial charge in [0.1, 0.15) is 5.01 Å². The summed E-state index contributed by atoms with van der Waals surface area (Å²) < 4.78 is 28.1. The molecule has 104 valence electrons. The van der Waals surface area contributed by atoms with Crippen LogP contribution in [0.3, 0.4) is 0 Å². The number of aromatic nitrogens is 1. The minimum Gasteiger partial charge on any atom is -0.245 e. The summed E-state index contributed by atoms with van der Waals surface area (Å²) in [6.07, 6.45) is 0.729. The SMILES string of the molecule is CNS(=O)(=O)NC(CC(C)C)c1nc(C)c(C)s1. The summed E-state index contributed by atoms with van der Waals surface area (Å²) in [7, 11) is -2.05. The van der Waals surface area contributed by atoms with E-state index in [9.17, 15) is 8.42 Å². The van der Waals surface area contributed by atoms with Crippen LogP contribution in [0.2, 0.25) is 0 Å². The predicted octanol–water partition coefficient (Wildman–Crippen LogP) is 1.90. The van der Waals surface area contributed by atoms with E-state index in [0.717, 1.165) is 22.0 Å². The molecule has 1 aromatic rings. The zero-order valence-electron chi connectivity index (χ0n) is 11.4. The Labute approximate surface area is 113 Å². The van der Waals surface area contributed by atoms with Crippen LogP contribution in [-0.4, -0.2) is 20.4 Å². The molecular formula is C11H21N3O2S2. The lowest BCUT2D eigenvalue weighted by molar-refractivity contribution is 0.468. The van der Waals surface area contributed by atoms with Crippen molar-refractivity contribution in [1.82, 2.24) is 14.4 Å². The number of aryl methyl sites for hydroxylation is 2. The van der Waals surface area contributed by atoms with Gasteiger partial charge in [-0.15, -0.1) is 11.3 Å². The average Bonchev–Trinajstić information content (AvgIpc) is 2.57. The molecule has 1 rings (SSSR count). The molecule has 1 atom stereocenters. The van der Waals surface area contributed by atoms with Crippen molar-refractivity contribution in [3.05, 3.63) is 15.6 Å². The summed E-state index contributed by atoms with van der Waals surface area (Å²) in [4.78, 5) is 5.57. The van der Waals surface area contributed by atoms with Crippen molar-refractivity contribution in [1.29, 1.82) is 0 Å². The monoisotopic (exact) mass is 291 g/mol. The zero-order chi connectivity index (χ0) is 13.9. The van der Waals surface area contributed by atoms with Gasteiger partial charge in [0.2, 0.25) is 0 Å². The van der Waals surface area contributed by atoms with Crippen molar-refractivity contribution in [3.63, 3.8) is 0 Å². The molecule has 0 aliphatic heterocycles. The van der Waals surface area contributed by atoms with E-state index in [1.165, 1.54) is 7.05 Å². The van der Waals surface area contributed by atoms with Crippen molar-refractivity contribution < 1.29 is 8.42 Å². The maximum atomic E-state index is 11.6. The lowest BCUT2D eigenvalue weighted by Crippen LogP contribution is -2.37. The molecule has 0 radical (unpaired) electrons. The molecule has 1 unspecified atom stereocenters. The molecule has 2 N–H and O–H groups in total. The quantitative estimate of drug-likeness (QED) is 0.841. The summed E-state index contributed by atoms with van der Waals surface area (Å²) in [5, 5.41) is 0.831. The molecule has 0 aliphatic rings. The van der Waals surface area contributed by atoms with E-state index >= 15 is 0 Å². The molecule has 0 spiro atoms. The third-order valence-corrected chi connectivity index (χ3v) is 4.94. The van der Waals surface area contributed by atoms with Crippen molar-refractivity contribution in [2.24, 2.45) is 5.92 Å². The number of hydrogen-bond donors (Lipinski definition) is 2. The van der Waals surface area contributed by atoms with Crippen LogP contribution < -0.4 is 9.44 Å². The molecular weight excluding hydrogens is 270 g/mol. The molecule has 1 aromatic heterocycles. The standard InChI is InChI=1S/C11H21N3O2S2/c1-7(2)6-10(14-18(15,16)12-5)11-13-8(3)9(4)17-11/h7,10,12,14H,6H2,1-5H3. The van der Waals surface area contributed by atoms with Crippen LogP contribution in [-0.2, 0) is 10.2 Å². The van der Waals surface area contributed by atoms with Gasteiger partial charge in [-0.2, -0.15) is 13.1 Å². The van der Waals surface area contributed by atoms with Gasteiger partial charge < -0.3 is 0 Å². The predicted molar refractivity (Wildman–Crippen MR) is 74.9 cm³/mol. The second kappa shape index (κ2) is 6.10. The molecule has 0 saturated carbocycles. The van der Waals surface area contributed by atoms with Gasteiger partial charge in [0.15, 0.2) is 0 Å². The third-order valence-electron chi connectivity index (χ3n) is 2.62. The molecule has 0 aromatic carbocycles. The fourth-order valence-electron chi connectivity index (χ4n) is 1.56. The van der Waals surface area contributed by atoms with E-state index in [-0.39, 0.29) is 6.04 Å². The smallest absolute Gasteiger partial charge is 0.245 e. The number of rotatable bonds is 6. The second-order valence-electron chi connectivity index (χ2n) is 4.70. The first-order valence-electron chi connectivity index (χ1n) is 5.90. The van der Waals surface area contributed by atoms with Gasteiger partial charge in [-0.3, -0.25) is 0 Å². The molecule has 5 nitrogen and oxygen atoms in total. The van der Waals surface area contributed by atoms with E-state index in [0.29, 0.717) is 5.92 Å². The largest absolute Gasteiger partial charge is 0.277 e. The molecule has 18 heavy (non-hydrogen) atoms. The van der Waals surface area contributed by atoms with Gasteiger partial charge in [-0.05, 0) is 26.2 Å². The van der Waals surface area contributed by atoms with E-state index in [2.05, 4.69) is 28.3 Å². The Morgan fingerprint density at radius 1 is 1.33 bits per heavy atom. The molecule has 0 amide bonds. The topological polar surface area (TPSA) is 71.1 Å². The number of thiazole rings is 1. The highest BCUT2D eigenvalue weighted by Crippen LogP contribution is 2.27. The van der Waals surface area contributed by atoms with Crippen molar-refractivity contribution in [2.75, 3.05) is 7.05 Å². The number of nitrogens with zero attached hydrogens (tertiary/aromatic N) is 1. The maximum absolute atomic E-state index is 11.6. The Balaban J connectivity index is 2.98. The summed E-state index contributed by atoms with van der Waals surface area (Å²) in [5.41, 5.74) is 0.965. The molecule has 0 bridgehead atoms. The highest BCUT2D eigenvalue weighted by atomic mass is 32.2. The molecule has 0 fully saturated rings. The Hall–Kier alpha value is -0.500. The lowest BCUT2D eigenvalue weighted by atomic mass is 10.1. The van der Waals surface area contributed by atoms with Gasteiger partial charge in [-0.25, -0.2) is 9.71 Å². The van der Waals surface area contributed by atoms with Crippen LogP contribution in [0.1, 0.15) is 41.9 Å². The Bertz CT molecular complexity index is 475. The molecule has 0 saturated heterocycles. The van der Waals surface area contributed by atoms with Gasteiger partial charge in [0.05, 0.1) is 11.7 Å². The second-order valence-corrected chi connectivity index (χ2v) is 7.59. The van der Waals surface area contributed by atoms with Crippen molar-refractivity contribution >= 4 is 21.5 Å². The summed E-state index contributed by atoms with van der Waals surface area (Å²) in [5.74, 6) is 0.388. The Kier molecular flexibility index (Phi) is 5.27. The van der Waals surface area contributed by atoms with Crippen molar-refractivity contribution in [2.45, 2.75) is 40.2 Å². The van der Waals surface area contributed by atoms with Crippen LogP contribution in [0.15, 0.2) is 0 Å². The minimum absolute atomic E-state index is 0.264. The summed E-state index contributed by atoms with van der Waals surface area (Å²) in [6, 6.07) is -0.264. The zero-order valence-corrected chi connectivity index (χ0v) is 13.1. The highest BCUT2D eigenvalue weighted by molar-refractivity contribution is 7.87. The van der Waals surface area contributed by atoms with Crippen LogP contribution in [0, 0.1) is 19.8 Å². The Morgan fingerprint density at radius 3 is 2.33 bits per heavy atom. The fraction of sp³-hybridized carbons (Fsp3) is 0.727. The Morgan fingerprint density at radius 2 is 1.94 bits per heavy atom. The first-order valence-corrected chi connectivity index (χ1v) is 8.20. The maximum Gasteiger partial charge on any atom is 0.277 e. The first-order chi connectivity index (χ1) is 8.25. The number of nitrogens with one attached hydrogen (secondary N) is 2. The minimum atomic E-state index is -3.45. The highest BCUT2D eigenvalue weighted by Gasteiger charge is 2.22. The molecule has 1 heterocycles. The lowest BCUT2D eigenvalue weighted by Gasteiger charge is -2.18. The molecule has 0 aliphatic carbocycles. The fourth-order valence-corrected chi connectivity index (χ4v) is 3.33. The van der Waals surface area contributed by atoms with Gasteiger partial charge >= 0.3 is 0 Å². The normalized spacial score (nSPS) is 14.1. The van der Waals surface area contributed by atoms with E-state index in [1.807, 2.05) is 13.8 Å². The van der Waals surface area contributed by atoms with Crippen LogP contribution >= 0.6 is 11.3 Å². The average molecular weight is 291 g/mol. The van der Waals surface area contributed by atoms with Crippen molar-refractivity contribution in [3.8, 4) is 0 Å². The van der Waals surface area contributed by atoms with Crippen LogP contribution in [0.4, 0.5) is 0 Å². The first kappa shape index (κ1) is 15.6. The van der Waals surface area contributed by atoms with Gasteiger partial charge in [0, 0.05) is 11.9 Å². The summed E-state index contributed by atoms with van der Waals surface area (Å²) >= 11 is 1.55. The van der Waals surface area contributed by atoms with Gasteiger partial charge in [0.25, 0.3) is 10.2 Å². The van der Waals surface area contributed by atoms with E-state index in [1.54, 1.807) is 11.3 Å². The summed E-state index contributed by atoms with van der Waals surface area (Å²) in [6.45, 7) is 8.06. The van der Waals surface area contributed by atoms with E-state index < -0.39 is 10.2 Å². The van der Waals surface area contributed by atoms with E-state index in [4.69, 9.17) is 0 Å². The third kappa shape index (κ3) is 4.31. The number of hydrogen-bond acceptors (Lipinski definition) is 4. The van der Waals surface area contributed by atoms with Gasteiger partial charge in [-0.1, -0.05) is 13.8 Å². The van der Waals surface area contributed by atoms with Crippen LogP contribution in [0.5, 0.6) is 0 Å².